The first-order chi connectivity index (χ1) is 10.2. The molecule has 5 heteroatoms. The maximum Gasteiger partial charge on any atom is 0.165 e. The molecular formula is C16H20BrNO3. The third-order valence-electron chi connectivity index (χ3n) is 2.96. The van der Waals surface area contributed by atoms with E-state index in [4.69, 9.17) is 13.9 Å². The molecule has 0 atom stereocenters. The van der Waals surface area contributed by atoms with Gasteiger partial charge in [0.05, 0.1) is 26.5 Å². The van der Waals surface area contributed by atoms with Crippen LogP contribution in [0.3, 0.4) is 0 Å². The van der Waals surface area contributed by atoms with Gasteiger partial charge in [0, 0.05) is 16.6 Å². The predicted octanol–water partition coefficient (Wildman–Crippen LogP) is 4.13. The van der Waals surface area contributed by atoms with E-state index < -0.39 is 0 Å². The van der Waals surface area contributed by atoms with Gasteiger partial charge in [0.25, 0.3) is 0 Å². The standard InChI is InChI=1S/C16H20BrNO3/c1-3-6-21-16-12(8-13(17)9-15(16)19-2)10-18-11-14-5-4-7-20-14/h4-5,7-9,18H,3,6,10-11H2,1-2H3. The lowest BCUT2D eigenvalue weighted by Crippen LogP contribution is -2.14. The van der Waals surface area contributed by atoms with E-state index in [1.807, 2.05) is 24.3 Å². The summed E-state index contributed by atoms with van der Waals surface area (Å²) < 4.78 is 17.5. The third-order valence-corrected chi connectivity index (χ3v) is 3.42. The number of nitrogens with one attached hydrogen (secondary N) is 1. The SMILES string of the molecule is CCCOc1c(CNCc2ccco2)cc(Br)cc1OC. The summed E-state index contributed by atoms with van der Waals surface area (Å²) in [6.07, 6.45) is 2.63. The first-order valence-corrected chi connectivity index (χ1v) is 7.76. The second-order valence-electron chi connectivity index (χ2n) is 4.63. The van der Waals surface area contributed by atoms with Gasteiger partial charge in [-0.25, -0.2) is 0 Å². The maximum absolute atomic E-state index is 5.84. The molecule has 0 spiro atoms. The van der Waals surface area contributed by atoms with Crippen LogP contribution in [0.1, 0.15) is 24.7 Å². The quantitative estimate of drug-likeness (QED) is 0.774. The maximum atomic E-state index is 5.84. The van der Waals surface area contributed by atoms with Crippen molar-refractivity contribution in [2.75, 3.05) is 13.7 Å². The molecule has 1 aromatic carbocycles. The molecule has 0 aliphatic rings. The molecule has 0 amide bonds. The number of hydrogen-bond donors (Lipinski definition) is 1. The zero-order valence-corrected chi connectivity index (χ0v) is 13.9. The Morgan fingerprint density at radius 3 is 2.81 bits per heavy atom. The van der Waals surface area contributed by atoms with Gasteiger partial charge in [-0.15, -0.1) is 0 Å². The van der Waals surface area contributed by atoms with Crippen LogP contribution >= 0.6 is 15.9 Å². The number of furan rings is 1. The van der Waals surface area contributed by atoms with Gasteiger partial charge in [0.15, 0.2) is 11.5 Å². The van der Waals surface area contributed by atoms with E-state index in [1.54, 1.807) is 13.4 Å². The molecule has 0 radical (unpaired) electrons. The fourth-order valence-electron chi connectivity index (χ4n) is 2.01. The summed E-state index contributed by atoms with van der Waals surface area (Å²) in [4.78, 5) is 0. The molecule has 0 aliphatic heterocycles. The van der Waals surface area contributed by atoms with Gasteiger partial charge in [-0.2, -0.15) is 0 Å². The van der Waals surface area contributed by atoms with Crippen molar-refractivity contribution in [1.29, 1.82) is 0 Å². The average molecular weight is 354 g/mol. The van der Waals surface area contributed by atoms with Crippen LogP contribution in [0.4, 0.5) is 0 Å². The molecular weight excluding hydrogens is 334 g/mol. The molecule has 0 bridgehead atoms. The monoisotopic (exact) mass is 353 g/mol. The minimum absolute atomic E-state index is 0.670. The van der Waals surface area contributed by atoms with Crippen LogP contribution in [0.5, 0.6) is 11.5 Å². The minimum atomic E-state index is 0.670. The Morgan fingerprint density at radius 1 is 1.29 bits per heavy atom. The van der Waals surface area contributed by atoms with E-state index in [0.717, 1.165) is 33.7 Å². The van der Waals surface area contributed by atoms with Gasteiger partial charge in [-0.3, -0.25) is 0 Å². The van der Waals surface area contributed by atoms with Crippen molar-refractivity contribution in [3.63, 3.8) is 0 Å². The summed E-state index contributed by atoms with van der Waals surface area (Å²) in [7, 11) is 1.65. The Morgan fingerprint density at radius 2 is 2.14 bits per heavy atom. The summed E-state index contributed by atoms with van der Waals surface area (Å²) >= 11 is 3.50. The molecule has 0 unspecified atom stereocenters. The lowest BCUT2D eigenvalue weighted by atomic mass is 10.2. The van der Waals surface area contributed by atoms with Crippen LogP contribution in [-0.4, -0.2) is 13.7 Å². The molecule has 21 heavy (non-hydrogen) atoms. The van der Waals surface area contributed by atoms with E-state index in [9.17, 15) is 0 Å². The summed E-state index contributed by atoms with van der Waals surface area (Å²) in [5, 5.41) is 3.35. The summed E-state index contributed by atoms with van der Waals surface area (Å²) in [5.74, 6) is 2.45. The van der Waals surface area contributed by atoms with Crippen molar-refractivity contribution < 1.29 is 13.9 Å². The smallest absolute Gasteiger partial charge is 0.165 e. The van der Waals surface area contributed by atoms with E-state index >= 15 is 0 Å². The highest BCUT2D eigenvalue weighted by molar-refractivity contribution is 9.10. The third kappa shape index (κ3) is 4.51. The number of benzene rings is 1. The molecule has 1 N–H and O–H groups in total. The van der Waals surface area contributed by atoms with E-state index in [-0.39, 0.29) is 0 Å². The van der Waals surface area contributed by atoms with Crippen LogP contribution in [0.25, 0.3) is 0 Å². The molecule has 0 fully saturated rings. The van der Waals surface area contributed by atoms with Gasteiger partial charge >= 0.3 is 0 Å². The zero-order chi connectivity index (χ0) is 15.1. The normalized spacial score (nSPS) is 10.6. The summed E-state index contributed by atoms with van der Waals surface area (Å²) in [6.45, 7) is 4.11. The Kier molecular flexibility index (Phi) is 6.14. The first-order valence-electron chi connectivity index (χ1n) is 6.97. The summed E-state index contributed by atoms with van der Waals surface area (Å²) in [6, 6.07) is 7.79. The highest BCUT2D eigenvalue weighted by atomic mass is 79.9. The number of ether oxygens (including phenoxy) is 2. The van der Waals surface area contributed by atoms with Crippen molar-refractivity contribution in [3.05, 3.63) is 46.3 Å². The molecule has 2 aromatic rings. The second kappa shape index (κ2) is 8.10. The van der Waals surface area contributed by atoms with Crippen molar-refractivity contribution in [2.45, 2.75) is 26.4 Å². The molecule has 4 nitrogen and oxygen atoms in total. The molecule has 1 heterocycles. The predicted molar refractivity (Wildman–Crippen MR) is 85.7 cm³/mol. The highest BCUT2D eigenvalue weighted by Gasteiger charge is 2.12. The van der Waals surface area contributed by atoms with Crippen LogP contribution in [0.2, 0.25) is 0 Å². The lowest BCUT2D eigenvalue weighted by Gasteiger charge is -2.16. The number of hydrogen-bond acceptors (Lipinski definition) is 4. The summed E-state index contributed by atoms with van der Waals surface area (Å²) in [5.41, 5.74) is 1.06. The van der Waals surface area contributed by atoms with Crippen LogP contribution < -0.4 is 14.8 Å². The van der Waals surface area contributed by atoms with Crippen molar-refractivity contribution in [3.8, 4) is 11.5 Å². The molecule has 2 rings (SSSR count). The second-order valence-corrected chi connectivity index (χ2v) is 5.54. The van der Waals surface area contributed by atoms with Crippen LogP contribution in [0, 0.1) is 0 Å². The fourth-order valence-corrected chi connectivity index (χ4v) is 2.49. The topological polar surface area (TPSA) is 43.6 Å². The van der Waals surface area contributed by atoms with Gasteiger partial charge in [0.2, 0.25) is 0 Å². The minimum Gasteiger partial charge on any atom is -0.493 e. The Labute approximate surface area is 133 Å². The molecule has 0 saturated heterocycles. The average Bonchev–Trinajstić information content (AvgIpc) is 2.99. The van der Waals surface area contributed by atoms with Gasteiger partial charge in [0.1, 0.15) is 5.76 Å². The fraction of sp³-hybridized carbons (Fsp3) is 0.375. The van der Waals surface area contributed by atoms with Gasteiger partial charge in [-0.1, -0.05) is 22.9 Å². The Balaban J connectivity index is 2.09. The van der Waals surface area contributed by atoms with Crippen molar-refractivity contribution in [2.24, 2.45) is 0 Å². The largest absolute Gasteiger partial charge is 0.493 e. The van der Waals surface area contributed by atoms with Crippen molar-refractivity contribution >= 4 is 15.9 Å². The zero-order valence-electron chi connectivity index (χ0n) is 12.3. The highest BCUT2D eigenvalue weighted by Crippen LogP contribution is 2.35. The first kappa shape index (κ1) is 15.9. The number of rotatable bonds is 8. The van der Waals surface area contributed by atoms with E-state index in [0.29, 0.717) is 19.7 Å². The van der Waals surface area contributed by atoms with Crippen LogP contribution in [0.15, 0.2) is 39.4 Å². The van der Waals surface area contributed by atoms with Gasteiger partial charge < -0.3 is 19.2 Å². The lowest BCUT2D eigenvalue weighted by molar-refractivity contribution is 0.290. The van der Waals surface area contributed by atoms with Crippen molar-refractivity contribution in [1.82, 2.24) is 5.32 Å². The molecule has 1 aromatic heterocycles. The molecule has 114 valence electrons. The number of halogens is 1. The Bertz CT molecular complexity index is 555. The molecule has 0 saturated carbocycles. The van der Waals surface area contributed by atoms with E-state index in [2.05, 4.69) is 28.2 Å². The molecule has 0 aliphatic carbocycles. The number of methoxy groups -OCH3 is 1. The van der Waals surface area contributed by atoms with Crippen LogP contribution in [-0.2, 0) is 13.1 Å². The van der Waals surface area contributed by atoms with E-state index in [1.165, 1.54) is 0 Å². The van der Waals surface area contributed by atoms with Gasteiger partial charge in [-0.05, 0) is 30.7 Å². The Hall–Kier alpha value is -1.46.